The second kappa shape index (κ2) is 10.4. The number of hydrogen-bond acceptors (Lipinski definition) is 3. The molecular weight excluding hydrogens is 475 g/mol. The van der Waals surface area contributed by atoms with Crippen molar-refractivity contribution in [2.75, 3.05) is 0 Å². The van der Waals surface area contributed by atoms with Crippen molar-refractivity contribution in [3.8, 4) is 5.75 Å². The molecule has 7 heteroatoms. The highest BCUT2D eigenvalue weighted by Crippen LogP contribution is 2.24. The number of benzene rings is 3. The van der Waals surface area contributed by atoms with Gasteiger partial charge in [-0.25, -0.2) is 5.43 Å². The second-order valence-electron chi connectivity index (χ2n) is 6.16. The molecular formula is C22H17BrCl2N2O2. The van der Waals surface area contributed by atoms with E-state index >= 15 is 0 Å². The highest BCUT2D eigenvalue weighted by Gasteiger charge is 2.06. The quantitative estimate of drug-likeness (QED) is 0.324. The number of ether oxygens (including phenoxy) is 1. The van der Waals surface area contributed by atoms with E-state index in [4.69, 9.17) is 27.9 Å². The fourth-order valence-electron chi connectivity index (χ4n) is 2.51. The van der Waals surface area contributed by atoms with Gasteiger partial charge in [0.25, 0.3) is 0 Å². The van der Waals surface area contributed by atoms with Crippen molar-refractivity contribution >= 4 is 51.3 Å². The number of carbonyl (C=O) groups excluding carboxylic acids is 1. The van der Waals surface area contributed by atoms with Crippen LogP contribution in [0.15, 0.2) is 76.3 Å². The lowest BCUT2D eigenvalue weighted by molar-refractivity contribution is -0.120. The lowest BCUT2D eigenvalue weighted by Gasteiger charge is -2.10. The van der Waals surface area contributed by atoms with Crippen molar-refractivity contribution < 1.29 is 9.53 Å². The SMILES string of the molecule is O=C(Cc1ccc(Br)cc1)N/N=C\c1ccccc1OCc1ccc(Cl)cc1Cl. The normalized spacial score (nSPS) is 10.9. The zero-order valence-corrected chi connectivity index (χ0v) is 18.3. The highest BCUT2D eigenvalue weighted by atomic mass is 79.9. The average Bonchev–Trinajstić information content (AvgIpc) is 2.70. The molecule has 0 heterocycles. The fraction of sp³-hybridized carbons (Fsp3) is 0.0909. The summed E-state index contributed by atoms with van der Waals surface area (Å²) in [6.07, 6.45) is 1.80. The zero-order chi connectivity index (χ0) is 20.6. The molecule has 0 atom stereocenters. The van der Waals surface area contributed by atoms with Crippen molar-refractivity contribution in [3.63, 3.8) is 0 Å². The van der Waals surface area contributed by atoms with Gasteiger partial charge in [0.15, 0.2) is 0 Å². The molecule has 0 unspecified atom stereocenters. The molecule has 0 saturated heterocycles. The summed E-state index contributed by atoms with van der Waals surface area (Å²) >= 11 is 15.5. The Kier molecular flexibility index (Phi) is 7.69. The molecule has 3 rings (SSSR count). The van der Waals surface area contributed by atoms with Crippen LogP contribution in [0.2, 0.25) is 10.0 Å². The van der Waals surface area contributed by atoms with E-state index in [0.717, 1.165) is 21.2 Å². The van der Waals surface area contributed by atoms with E-state index in [0.29, 0.717) is 15.8 Å². The van der Waals surface area contributed by atoms with Crippen LogP contribution in [0.3, 0.4) is 0 Å². The second-order valence-corrected chi connectivity index (χ2v) is 7.92. The summed E-state index contributed by atoms with van der Waals surface area (Å²) < 4.78 is 6.84. The van der Waals surface area contributed by atoms with Gasteiger partial charge < -0.3 is 4.74 Å². The van der Waals surface area contributed by atoms with E-state index in [9.17, 15) is 4.79 Å². The minimum atomic E-state index is -0.199. The molecule has 1 N–H and O–H groups in total. The number of para-hydroxylation sites is 1. The number of hydrazone groups is 1. The molecule has 0 bridgehead atoms. The lowest BCUT2D eigenvalue weighted by Crippen LogP contribution is -2.19. The smallest absolute Gasteiger partial charge is 0.244 e. The molecule has 4 nitrogen and oxygen atoms in total. The minimum absolute atomic E-state index is 0.199. The molecule has 0 fully saturated rings. The Bertz CT molecular complexity index is 1020. The maximum atomic E-state index is 12.1. The summed E-state index contributed by atoms with van der Waals surface area (Å²) in [5.41, 5.74) is 5.01. The number of nitrogens with one attached hydrogen (secondary N) is 1. The van der Waals surface area contributed by atoms with E-state index in [1.54, 1.807) is 18.3 Å². The van der Waals surface area contributed by atoms with Crippen molar-refractivity contribution in [1.29, 1.82) is 0 Å². The first-order valence-corrected chi connectivity index (χ1v) is 10.3. The molecule has 0 radical (unpaired) electrons. The summed E-state index contributed by atoms with van der Waals surface area (Å²) in [5, 5.41) is 5.16. The predicted octanol–water partition coefficient (Wildman–Crippen LogP) is 6.03. The third kappa shape index (κ3) is 6.60. The highest BCUT2D eigenvalue weighted by molar-refractivity contribution is 9.10. The van der Waals surface area contributed by atoms with Crippen molar-refractivity contribution in [1.82, 2.24) is 5.43 Å². The van der Waals surface area contributed by atoms with Crippen LogP contribution in [0.25, 0.3) is 0 Å². The molecule has 29 heavy (non-hydrogen) atoms. The Balaban J connectivity index is 1.59. The molecule has 148 valence electrons. The first-order valence-electron chi connectivity index (χ1n) is 8.73. The van der Waals surface area contributed by atoms with Gasteiger partial charge in [0, 0.05) is 25.6 Å². The van der Waals surface area contributed by atoms with Gasteiger partial charge in [0.05, 0.1) is 12.6 Å². The number of rotatable bonds is 7. The first-order chi connectivity index (χ1) is 14.0. The van der Waals surface area contributed by atoms with Gasteiger partial charge >= 0.3 is 0 Å². The van der Waals surface area contributed by atoms with Crippen LogP contribution in [-0.4, -0.2) is 12.1 Å². The van der Waals surface area contributed by atoms with E-state index < -0.39 is 0 Å². The Morgan fingerprint density at radius 2 is 1.83 bits per heavy atom. The summed E-state index contributed by atoms with van der Waals surface area (Å²) in [4.78, 5) is 12.1. The van der Waals surface area contributed by atoms with Gasteiger partial charge in [-0.2, -0.15) is 5.10 Å². The minimum Gasteiger partial charge on any atom is -0.488 e. The summed E-state index contributed by atoms with van der Waals surface area (Å²) in [6.45, 7) is 0.288. The standard InChI is InChI=1S/C22H17BrCl2N2O2/c23-18-8-5-15(6-9-18)11-22(28)27-26-13-16-3-1-2-4-21(16)29-14-17-7-10-19(24)12-20(17)25/h1-10,12-13H,11,14H2,(H,27,28)/b26-13-. The number of hydrogen-bond donors (Lipinski definition) is 1. The Morgan fingerprint density at radius 3 is 2.59 bits per heavy atom. The van der Waals surface area contributed by atoms with Crippen molar-refractivity contribution in [2.24, 2.45) is 5.10 Å². The average molecular weight is 492 g/mol. The third-order valence-electron chi connectivity index (χ3n) is 3.99. The molecule has 0 aromatic heterocycles. The van der Waals surface area contributed by atoms with E-state index in [1.807, 2.05) is 54.6 Å². The number of nitrogens with zero attached hydrogens (tertiary/aromatic N) is 1. The maximum Gasteiger partial charge on any atom is 0.244 e. The van der Waals surface area contributed by atoms with Crippen LogP contribution in [0.1, 0.15) is 16.7 Å². The van der Waals surface area contributed by atoms with Gasteiger partial charge in [0.1, 0.15) is 12.4 Å². The van der Waals surface area contributed by atoms with E-state index in [1.165, 1.54) is 0 Å². The summed E-state index contributed by atoms with van der Waals surface area (Å²) in [7, 11) is 0. The van der Waals surface area contributed by atoms with Crippen LogP contribution in [0, 0.1) is 0 Å². The Hall–Kier alpha value is -2.34. The Morgan fingerprint density at radius 1 is 1.07 bits per heavy atom. The van der Waals surface area contributed by atoms with Gasteiger partial charge in [0.2, 0.25) is 5.91 Å². The van der Waals surface area contributed by atoms with Crippen LogP contribution in [0.4, 0.5) is 0 Å². The largest absolute Gasteiger partial charge is 0.488 e. The first kappa shape index (κ1) is 21.4. The van der Waals surface area contributed by atoms with Gasteiger partial charge in [-0.15, -0.1) is 0 Å². The van der Waals surface area contributed by atoms with Crippen LogP contribution in [0.5, 0.6) is 5.75 Å². The molecule has 3 aromatic carbocycles. The monoisotopic (exact) mass is 490 g/mol. The maximum absolute atomic E-state index is 12.1. The predicted molar refractivity (Wildman–Crippen MR) is 121 cm³/mol. The summed E-state index contributed by atoms with van der Waals surface area (Å²) in [5.74, 6) is 0.430. The van der Waals surface area contributed by atoms with Crippen LogP contribution < -0.4 is 10.2 Å². The fourth-order valence-corrected chi connectivity index (χ4v) is 3.24. The van der Waals surface area contributed by atoms with Crippen LogP contribution in [-0.2, 0) is 17.8 Å². The molecule has 0 aliphatic heterocycles. The number of halogens is 3. The van der Waals surface area contributed by atoms with Gasteiger partial charge in [-0.1, -0.05) is 69.5 Å². The molecule has 0 saturated carbocycles. The van der Waals surface area contributed by atoms with E-state index in [2.05, 4.69) is 26.5 Å². The number of amides is 1. The molecule has 3 aromatic rings. The topological polar surface area (TPSA) is 50.7 Å². The zero-order valence-electron chi connectivity index (χ0n) is 15.2. The molecule has 1 amide bonds. The van der Waals surface area contributed by atoms with Crippen LogP contribution >= 0.6 is 39.1 Å². The van der Waals surface area contributed by atoms with Crippen molar-refractivity contribution in [2.45, 2.75) is 13.0 Å². The van der Waals surface area contributed by atoms with Gasteiger partial charge in [-0.05, 0) is 42.0 Å². The molecule has 0 aliphatic rings. The molecule has 0 aliphatic carbocycles. The molecule has 0 spiro atoms. The van der Waals surface area contributed by atoms with Crippen molar-refractivity contribution in [3.05, 3.63) is 97.9 Å². The third-order valence-corrected chi connectivity index (χ3v) is 5.10. The summed E-state index contributed by atoms with van der Waals surface area (Å²) in [6, 6.07) is 20.2. The van der Waals surface area contributed by atoms with E-state index in [-0.39, 0.29) is 18.9 Å². The Labute approximate surface area is 187 Å². The number of carbonyl (C=O) groups is 1. The lowest BCUT2D eigenvalue weighted by atomic mass is 10.1. The van der Waals surface area contributed by atoms with Gasteiger partial charge in [-0.3, -0.25) is 4.79 Å².